The first kappa shape index (κ1) is 13.2. The van der Waals surface area contributed by atoms with Crippen LogP contribution < -0.4 is 5.73 Å². The quantitative estimate of drug-likeness (QED) is 0.852. The standard InChI is InChI=1S/C13H20N6O/c14-7-11-8-19(18-16-11)9-12-15-13(17-20-12)10-5-3-1-2-4-6-10/h8,10H,1-7,9,14H2. The first-order chi connectivity index (χ1) is 9.85. The van der Waals surface area contributed by atoms with Gasteiger partial charge in [-0.1, -0.05) is 36.1 Å². The smallest absolute Gasteiger partial charge is 0.248 e. The molecule has 3 rings (SSSR count). The topological polar surface area (TPSA) is 95.7 Å². The van der Waals surface area contributed by atoms with Gasteiger partial charge < -0.3 is 10.3 Å². The molecule has 7 heteroatoms. The highest BCUT2D eigenvalue weighted by Crippen LogP contribution is 2.29. The van der Waals surface area contributed by atoms with E-state index in [0.717, 1.165) is 11.5 Å². The third kappa shape index (κ3) is 3.04. The van der Waals surface area contributed by atoms with E-state index in [9.17, 15) is 0 Å². The minimum Gasteiger partial charge on any atom is -0.337 e. The summed E-state index contributed by atoms with van der Waals surface area (Å²) in [6.07, 6.45) is 9.30. The molecule has 0 spiro atoms. The number of nitrogens with zero attached hydrogens (tertiary/aromatic N) is 5. The van der Waals surface area contributed by atoms with Crippen molar-refractivity contribution in [3.8, 4) is 0 Å². The van der Waals surface area contributed by atoms with Gasteiger partial charge in [0.15, 0.2) is 5.82 Å². The lowest BCUT2D eigenvalue weighted by molar-refractivity contribution is 0.355. The number of rotatable bonds is 4. The molecule has 0 unspecified atom stereocenters. The van der Waals surface area contributed by atoms with Crippen LogP contribution in [0.1, 0.15) is 61.9 Å². The Morgan fingerprint density at radius 2 is 2.05 bits per heavy atom. The van der Waals surface area contributed by atoms with Crippen molar-refractivity contribution in [3.63, 3.8) is 0 Å². The maximum Gasteiger partial charge on any atom is 0.248 e. The Labute approximate surface area is 117 Å². The second-order valence-corrected chi connectivity index (χ2v) is 5.35. The highest BCUT2D eigenvalue weighted by molar-refractivity contribution is 4.97. The van der Waals surface area contributed by atoms with Gasteiger partial charge in [0.25, 0.3) is 0 Å². The third-order valence-corrected chi connectivity index (χ3v) is 3.80. The monoisotopic (exact) mass is 276 g/mol. The molecule has 0 amide bonds. The van der Waals surface area contributed by atoms with E-state index in [2.05, 4.69) is 20.5 Å². The van der Waals surface area contributed by atoms with Gasteiger partial charge in [-0.25, -0.2) is 4.68 Å². The van der Waals surface area contributed by atoms with Gasteiger partial charge in [-0.15, -0.1) is 5.10 Å². The van der Waals surface area contributed by atoms with Crippen LogP contribution >= 0.6 is 0 Å². The molecule has 2 heterocycles. The molecule has 0 aliphatic heterocycles. The van der Waals surface area contributed by atoms with Gasteiger partial charge in [0, 0.05) is 12.5 Å². The van der Waals surface area contributed by atoms with Crippen LogP contribution in [-0.4, -0.2) is 25.1 Å². The first-order valence-corrected chi connectivity index (χ1v) is 7.26. The maximum absolute atomic E-state index is 5.51. The average molecular weight is 276 g/mol. The van der Waals surface area contributed by atoms with Crippen LogP contribution in [0.5, 0.6) is 0 Å². The number of aromatic nitrogens is 5. The Morgan fingerprint density at radius 3 is 2.75 bits per heavy atom. The van der Waals surface area contributed by atoms with Crippen molar-refractivity contribution in [1.82, 2.24) is 25.1 Å². The minimum absolute atomic E-state index is 0.386. The molecule has 20 heavy (non-hydrogen) atoms. The Balaban J connectivity index is 1.66. The molecule has 2 aromatic rings. The molecule has 0 radical (unpaired) electrons. The fraction of sp³-hybridized carbons (Fsp3) is 0.692. The van der Waals surface area contributed by atoms with E-state index in [-0.39, 0.29) is 0 Å². The molecule has 2 N–H and O–H groups in total. The zero-order valence-electron chi connectivity index (χ0n) is 11.5. The molecular weight excluding hydrogens is 256 g/mol. The van der Waals surface area contributed by atoms with Crippen LogP contribution in [0.2, 0.25) is 0 Å². The largest absolute Gasteiger partial charge is 0.337 e. The van der Waals surface area contributed by atoms with Crippen LogP contribution in [0.15, 0.2) is 10.7 Å². The SMILES string of the molecule is NCc1cn(Cc2nc(C3CCCCCC3)no2)nn1. The van der Waals surface area contributed by atoms with Crippen molar-refractivity contribution in [2.24, 2.45) is 5.73 Å². The van der Waals surface area contributed by atoms with E-state index >= 15 is 0 Å². The van der Waals surface area contributed by atoms with Crippen molar-refractivity contribution in [1.29, 1.82) is 0 Å². The lowest BCUT2D eigenvalue weighted by atomic mass is 10.00. The number of hydrogen-bond acceptors (Lipinski definition) is 6. The predicted octanol–water partition coefficient (Wildman–Crippen LogP) is 1.61. The van der Waals surface area contributed by atoms with Gasteiger partial charge in [-0.2, -0.15) is 4.98 Å². The lowest BCUT2D eigenvalue weighted by Crippen LogP contribution is -2.03. The summed E-state index contributed by atoms with van der Waals surface area (Å²) in [5.41, 5.74) is 6.26. The molecule has 1 aliphatic carbocycles. The molecule has 1 saturated carbocycles. The van der Waals surface area contributed by atoms with Gasteiger partial charge in [0.2, 0.25) is 5.89 Å². The van der Waals surface area contributed by atoms with E-state index in [1.165, 1.54) is 38.5 Å². The highest BCUT2D eigenvalue weighted by Gasteiger charge is 2.20. The van der Waals surface area contributed by atoms with Crippen LogP contribution in [0.25, 0.3) is 0 Å². The predicted molar refractivity (Wildman–Crippen MR) is 71.8 cm³/mol. The second-order valence-electron chi connectivity index (χ2n) is 5.35. The van der Waals surface area contributed by atoms with E-state index in [1.54, 1.807) is 10.9 Å². The first-order valence-electron chi connectivity index (χ1n) is 7.26. The van der Waals surface area contributed by atoms with Crippen molar-refractivity contribution < 1.29 is 4.52 Å². The normalized spacial score (nSPS) is 17.2. The molecule has 0 aromatic carbocycles. The van der Waals surface area contributed by atoms with Crippen LogP contribution in [0, 0.1) is 0 Å². The van der Waals surface area contributed by atoms with Gasteiger partial charge in [0.1, 0.15) is 6.54 Å². The number of nitrogens with two attached hydrogens (primary N) is 1. The maximum atomic E-state index is 5.51. The summed E-state index contributed by atoms with van der Waals surface area (Å²) in [7, 11) is 0. The Morgan fingerprint density at radius 1 is 1.25 bits per heavy atom. The average Bonchev–Trinajstić information content (AvgIpc) is 3.02. The molecule has 1 aliphatic rings. The van der Waals surface area contributed by atoms with Crippen molar-refractivity contribution >= 4 is 0 Å². The molecule has 0 atom stereocenters. The molecule has 1 fully saturated rings. The van der Waals surface area contributed by atoms with Gasteiger partial charge >= 0.3 is 0 Å². The van der Waals surface area contributed by atoms with Gasteiger partial charge in [0.05, 0.1) is 11.9 Å². The number of hydrogen-bond donors (Lipinski definition) is 1. The van der Waals surface area contributed by atoms with Gasteiger partial charge in [-0.05, 0) is 12.8 Å². The van der Waals surface area contributed by atoms with Crippen molar-refractivity contribution in [2.45, 2.75) is 57.5 Å². The fourth-order valence-electron chi connectivity index (χ4n) is 2.68. The fourth-order valence-corrected chi connectivity index (χ4v) is 2.68. The van der Waals surface area contributed by atoms with Gasteiger partial charge in [-0.3, -0.25) is 0 Å². The van der Waals surface area contributed by atoms with E-state index in [1.807, 2.05) is 0 Å². The molecule has 108 valence electrons. The van der Waals surface area contributed by atoms with E-state index in [0.29, 0.717) is 24.9 Å². The Bertz CT molecular complexity index is 541. The summed E-state index contributed by atoms with van der Waals surface area (Å²) < 4.78 is 7.00. The van der Waals surface area contributed by atoms with E-state index in [4.69, 9.17) is 10.3 Å². The summed E-state index contributed by atoms with van der Waals surface area (Å²) in [4.78, 5) is 4.51. The Hall–Kier alpha value is -1.76. The Kier molecular flexibility index (Phi) is 4.05. The van der Waals surface area contributed by atoms with Crippen LogP contribution in [0.3, 0.4) is 0 Å². The molecule has 7 nitrogen and oxygen atoms in total. The van der Waals surface area contributed by atoms with Crippen LogP contribution in [0.4, 0.5) is 0 Å². The summed E-state index contributed by atoms with van der Waals surface area (Å²) in [5.74, 6) is 1.88. The zero-order valence-corrected chi connectivity index (χ0v) is 11.5. The second kappa shape index (κ2) is 6.13. The molecule has 0 bridgehead atoms. The summed E-state index contributed by atoms with van der Waals surface area (Å²) in [6, 6.07) is 0. The van der Waals surface area contributed by atoms with Crippen molar-refractivity contribution in [2.75, 3.05) is 0 Å². The minimum atomic E-state index is 0.386. The summed E-state index contributed by atoms with van der Waals surface area (Å²) in [5, 5.41) is 12.0. The summed E-state index contributed by atoms with van der Waals surface area (Å²) in [6.45, 7) is 0.837. The highest BCUT2D eigenvalue weighted by atomic mass is 16.5. The third-order valence-electron chi connectivity index (χ3n) is 3.80. The van der Waals surface area contributed by atoms with Crippen molar-refractivity contribution in [3.05, 3.63) is 23.6 Å². The lowest BCUT2D eigenvalue weighted by Gasteiger charge is -2.07. The molecular formula is C13H20N6O. The van der Waals surface area contributed by atoms with E-state index < -0.39 is 0 Å². The molecule has 0 saturated heterocycles. The molecule has 2 aromatic heterocycles. The zero-order chi connectivity index (χ0) is 13.8. The van der Waals surface area contributed by atoms with Crippen LogP contribution in [-0.2, 0) is 13.1 Å². The summed E-state index contributed by atoms with van der Waals surface area (Å²) >= 11 is 0.